The molecular formula is C13H18O4. The monoisotopic (exact) mass is 238 g/mol. The molecule has 0 aliphatic rings. The van der Waals surface area contributed by atoms with Crippen LogP contribution in [0.3, 0.4) is 0 Å². The summed E-state index contributed by atoms with van der Waals surface area (Å²) >= 11 is 0. The van der Waals surface area contributed by atoms with Gasteiger partial charge in [-0.2, -0.15) is 0 Å². The third-order valence-electron chi connectivity index (χ3n) is 2.69. The summed E-state index contributed by atoms with van der Waals surface area (Å²) in [7, 11) is 3.10. The Bertz CT molecular complexity index is 424. The number of rotatable bonds is 5. The molecule has 0 unspecified atom stereocenters. The van der Waals surface area contributed by atoms with Crippen LogP contribution in [0.5, 0.6) is 17.2 Å². The van der Waals surface area contributed by atoms with Gasteiger partial charge in [0.15, 0.2) is 17.8 Å². The van der Waals surface area contributed by atoms with Crippen molar-refractivity contribution in [2.45, 2.75) is 20.8 Å². The van der Waals surface area contributed by atoms with Gasteiger partial charge in [0.2, 0.25) is 0 Å². The van der Waals surface area contributed by atoms with Gasteiger partial charge in [-0.3, -0.25) is 4.79 Å². The van der Waals surface area contributed by atoms with Gasteiger partial charge < -0.3 is 14.2 Å². The molecule has 94 valence electrons. The largest absolute Gasteiger partial charge is 0.496 e. The molecule has 0 atom stereocenters. The quantitative estimate of drug-likeness (QED) is 0.739. The summed E-state index contributed by atoms with van der Waals surface area (Å²) in [4.78, 5) is 11.1. The molecule has 0 spiro atoms. The van der Waals surface area contributed by atoms with Crippen molar-refractivity contribution in [2.24, 2.45) is 0 Å². The Morgan fingerprint density at radius 3 is 2.00 bits per heavy atom. The number of ether oxygens (including phenoxy) is 3. The van der Waals surface area contributed by atoms with Gasteiger partial charge in [-0.25, -0.2) is 0 Å². The van der Waals surface area contributed by atoms with E-state index in [1.165, 1.54) is 7.11 Å². The molecular weight excluding hydrogens is 220 g/mol. The van der Waals surface area contributed by atoms with E-state index in [1.54, 1.807) is 7.11 Å². The zero-order valence-electron chi connectivity index (χ0n) is 10.9. The van der Waals surface area contributed by atoms with E-state index in [0.29, 0.717) is 29.4 Å². The zero-order valence-corrected chi connectivity index (χ0v) is 10.9. The minimum Gasteiger partial charge on any atom is -0.496 e. The highest BCUT2D eigenvalue weighted by molar-refractivity contribution is 5.85. The van der Waals surface area contributed by atoms with Crippen LogP contribution in [0.4, 0.5) is 0 Å². The number of hydrogen-bond acceptors (Lipinski definition) is 4. The molecule has 0 heterocycles. The number of hydrogen-bond donors (Lipinski definition) is 0. The standard InChI is InChI=1S/C13H18O4/c1-6-17-13-9(3)11(15-4)10(7-14)8(2)12(13)16-5/h7H,6H2,1-5H3. The van der Waals surface area contributed by atoms with Gasteiger partial charge >= 0.3 is 0 Å². The molecule has 1 rings (SSSR count). The maximum Gasteiger partial charge on any atom is 0.168 e. The average Bonchev–Trinajstić information content (AvgIpc) is 2.33. The molecule has 0 bridgehead atoms. The Labute approximate surface area is 101 Å². The molecule has 0 aliphatic heterocycles. The van der Waals surface area contributed by atoms with Gasteiger partial charge in [-0.1, -0.05) is 0 Å². The van der Waals surface area contributed by atoms with Crippen molar-refractivity contribution in [1.29, 1.82) is 0 Å². The Morgan fingerprint density at radius 2 is 1.59 bits per heavy atom. The highest BCUT2D eigenvalue weighted by Crippen LogP contribution is 2.42. The fourth-order valence-corrected chi connectivity index (χ4v) is 1.91. The first-order valence-electron chi connectivity index (χ1n) is 5.45. The zero-order chi connectivity index (χ0) is 13.0. The van der Waals surface area contributed by atoms with Gasteiger partial charge in [0.05, 0.1) is 26.4 Å². The van der Waals surface area contributed by atoms with Gasteiger partial charge in [0.25, 0.3) is 0 Å². The number of aldehydes is 1. The van der Waals surface area contributed by atoms with E-state index in [9.17, 15) is 4.79 Å². The third kappa shape index (κ3) is 2.20. The Morgan fingerprint density at radius 1 is 1.00 bits per heavy atom. The number of carbonyl (C=O) groups excluding carboxylic acids is 1. The van der Waals surface area contributed by atoms with Crippen LogP contribution in [-0.2, 0) is 0 Å². The second-order valence-electron chi connectivity index (χ2n) is 3.61. The van der Waals surface area contributed by atoms with Crippen molar-refractivity contribution in [1.82, 2.24) is 0 Å². The van der Waals surface area contributed by atoms with Gasteiger partial charge in [0.1, 0.15) is 5.75 Å². The third-order valence-corrected chi connectivity index (χ3v) is 2.69. The van der Waals surface area contributed by atoms with Crippen molar-refractivity contribution in [3.63, 3.8) is 0 Å². The van der Waals surface area contributed by atoms with Crippen molar-refractivity contribution in [3.05, 3.63) is 16.7 Å². The Hall–Kier alpha value is -1.71. The predicted molar refractivity (Wildman–Crippen MR) is 65.6 cm³/mol. The molecule has 0 fully saturated rings. The maximum atomic E-state index is 11.1. The molecule has 0 radical (unpaired) electrons. The first-order valence-corrected chi connectivity index (χ1v) is 5.45. The SMILES string of the molecule is CCOc1c(C)c(OC)c(C=O)c(C)c1OC. The van der Waals surface area contributed by atoms with Crippen LogP contribution in [0.2, 0.25) is 0 Å². The molecule has 0 saturated carbocycles. The van der Waals surface area contributed by atoms with Crippen LogP contribution in [0.25, 0.3) is 0 Å². The summed E-state index contributed by atoms with van der Waals surface area (Å²) in [5.74, 6) is 1.77. The van der Waals surface area contributed by atoms with Crippen molar-refractivity contribution < 1.29 is 19.0 Å². The number of methoxy groups -OCH3 is 2. The van der Waals surface area contributed by atoms with E-state index in [1.807, 2.05) is 20.8 Å². The average molecular weight is 238 g/mol. The fourth-order valence-electron chi connectivity index (χ4n) is 1.91. The summed E-state index contributed by atoms with van der Waals surface area (Å²) in [5, 5.41) is 0. The number of carbonyl (C=O) groups is 1. The first kappa shape index (κ1) is 13.4. The lowest BCUT2D eigenvalue weighted by atomic mass is 10.0. The Balaban J connectivity index is 3.60. The van der Waals surface area contributed by atoms with Gasteiger partial charge in [0, 0.05) is 11.1 Å². The Kier molecular flexibility index (Phi) is 4.37. The molecule has 4 nitrogen and oxygen atoms in total. The first-order chi connectivity index (χ1) is 8.12. The lowest BCUT2D eigenvalue weighted by Gasteiger charge is -2.19. The van der Waals surface area contributed by atoms with Gasteiger partial charge in [-0.05, 0) is 20.8 Å². The summed E-state index contributed by atoms with van der Waals surface area (Å²) in [5.41, 5.74) is 2.01. The predicted octanol–water partition coefficient (Wildman–Crippen LogP) is 2.53. The molecule has 0 N–H and O–H groups in total. The smallest absolute Gasteiger partial charge is 0.168 e. The van der Waals surface area contributed by atoms with Crippen molar-refractivity contribution in [3.8, 4) is 17.2 Å². The van der Waals surface area contributed by atoms with Crippen LogP contribution in [0, 0.1) is 13.8 Å². The van der Waals surface area contributed by atoms with Crippen LogP contribution in [-0.4, -0.2) is 27.1 Å². The van der Waals surface area contributed by atoms with E-state index in [4.69, 9.17) is 14.2 Å². The van der Waals surface area contributed by atoms with Crippen LogP contribution in [0.15, 0.2) is 0 Å². The van der Waals surface area contributed by atoms with E-state index in [-0.39, 0.29) is 0 Å². The molecule has 0 saturated heterocycles. The van der Waals surface area contributed by atoms with E-state index in [0.717, 1.165) is 17.4 Å². The minimum absolute atomic E-state index is 0.505. The topological polar surface area (TPSA) is 44.8 Å². The molecule has 1 aromatic rings. The number of benzene rings is 1. The molecule has 1 aromatic carbocycles. The molecule has 4 heteroatoms. The summed E-state index contributed by atoms with van der Waals surface area (Å²) in [6.45, 7) is 6.08. The summed E-state index contributed by atoms with van der Waals surface area (Å²) in [6.07, 6.45) is 0.777. The summed E-state index contributed by atoms with van der Waals surface area (Å²) in [6, 6.07) is 0. The highest BCUT2D eigenvalue weighted by atomic mass is 16.5. The van der Waals surface area contributed by atoms with E-state index >= 15 is 0 Å². The lowest BCUT2D eigenvalue weighted by molar-refractivity contribution is 0.111. The van der Waals surface area contributed by atoms with Crippen LogP contribution < -0.4 is 14.2 Å². The molecule has 17 heavy (non-hydrogen) atoms. The molecule has 0 amide bonds. The highest BCUT2D eigenvalue weighted by Gasteiger charge is 2.21. The minimum atomic E-state index is 0.505. The summed E-state index contributed by atoms with van der Waals surface area (Å²) < 4.78 is 16.1. The molecule has 0 aromatic heterocycles. The van der Waals surface area contributed by atoms with Crippen molar-refractivity contribution >= 4 is 6.29 Å². The fraction of sp³-hybridized carbons (Fsp3) is 0.462. The second-order valence-corrected chi connectivity index (χ2v) is 3.61. The second kappa shape index (κ2) is 5.57. The maximum absolute atomic E-state index is 11.1. The van der Waals surface area contributed by atoms with E-state index in [2.05, 4.69) is 0 Å². The van der Waals surface area contributed by atoms with Crippen molar-refractivity contribution in [2.75, 3.05) is 20.8 Å². The van der Waals surface area contributed by atoms with Crippen LogP contribution in [0.1, 0.15) is 28.4 Å². The molecule has 0 aliphatic carbocycles. The lowest BCUT2D eigenvalue weighted by Crippen LogP contribution is -2.05. The van der Waals surface area contributed by atoms with Crippen LogP contribution >= 0.6 is 0 Å². The van der Waals surface area contributed by atoms with Gasteiger partial charge in [-0.15, -0.1) is 0 Å². The normalized spacial score (nSPS) is 9.94. The van der Waals surface area contributed by atoms with E-state index < -0.39 is 0 Å².